The SMILES string of the molecule is C1=CC/C=C\CN=C1. The van der Waals surface area contributed by atoms with Gasteiger partial charge < -0.3 is 0 Å². The third kappa shape index (κ3) is 1.73. The highest BCUT2D eigenvalue weighted by molar-refractivity contribution is 5.71. The van der Waals surface area contributed by atoms with E-state index >= 15 is 0 Å². The minimum atomic E-state index is 0.838. The van der Waals surface area contributed by atoms with Gasteiger partial charge in [0, 0.05) is 6.21 Å². The zero-order valence-electron chi connectivity index (χ0n) is 4.75. The second kappa shape index (κ2) is 3.19. The van der Waals surface area contributed by atoms with Gasteiger partial charge in [-0.1, -0.05) is 18.2 Å². The Hall–Kier alpha value is -0.850. The first-order valence-corrected chi connectivity index (χ1v) is 2.80. The molecule has 0 atom stereocenters. The van der Waals surface area contributed by atoms with E-state index in [1.54, 1.807) is 0 Å². The van der Waals surface area contributed by atoms with Gasteiger partial charge in [0.1, 0.15) is 0 Å². The van der Waals surface area contributed by atoms with E-state index in [4.69, 9.17) is 0 Å². The molecule has 0 aromatic heterocycles. The van der Waals surface area contributed by atoms with Gasteiger partial charge in [0.15, 0.2) is 0 Å². The van der Waals surface area contributed by atoms with Crippen molar-refractivity contribution in [2.24, 2.45) is 4.99 Å². The second-order valence-corrected chi connectivity index (χ2v) is 1.65. The Balaban J connectivity index is 2.51. The van der Waals surface area contributed by atoms with Crippen molar-refractivity contribution in [3.05, 3.63) is 24.3 Å². The summed E-state index contributed by atoms with van der Waals surface area (Å²) in [5, 5.41) is 0. The fraction of sp³-hybridized carbons (Fsp3) is 0.286. The molecule has 42 valence electrons. The molecule has 0 N–H and O–H groups in total. The smallest absolute Gasteiger partial charge is 0.0570 e. The molecule has 1 rings (SSSR count). The van der Waals surface area contributed by atoms with E-state index in [-0.39, 0.29) is 0 Å². The molecule has 1 nitrogen and oxygen atoms in total. The first-order chi connectivity index (χ1) is 4.00. The van der Waals surface area contributed by atoms with Gasteiger partial charge in [-0.25, -0.2) is 0 Å². The summed E-state index contributed by atoms with van der Waals surface area (Å²) in [4.78, 5) is 4.03. The number of nitrogens with zero attached hydrogens (tertiary/aromatic N) is 1. The van der Waals surface area contributed by atoms with Gasteiger partial charge >= 0.3 is 0 Å². The van der Waals surface area contributed by atoms with Gasteiger partial charge in [0.05, 0.1) is 6.54 Å². The lowest BCUT2D eigenvalue weighted by molar-refractivity contribution is 1.22. The molecule has 1 aliphatic heterocycles. The highest BCUT2D eigenvalue weighted by Crippen LogP contribution is 1.88. The predicted octanol–water partition coefficient (Wildman–Crippen LogP) is 1.57. The molecule has 0 aromatic rings. The van der Waals surface area contributed by atoms with Crippen molar-refractivity contribution in [2.75, 3.05) is 6.54 Å². The second-order valence-electron chi connectivity index (χ2n) is 1.65. The van der Waals surface area contributed by atoms with Crippen LogP contribution in [0.25, 0.3) is 0 Å². The summed E-state index contributed by atoms with van der Waals surface area (Å²) < 4.78 is 0. The van der Waals surface area contributed by atoms with E-state index in [9.17, 15) is 0 Å². The van der Waals surface area contributed by atoms with Crippen molar-refractivity contribution in [2.45, 2.75) is 6.42 Å². The van der Waals surface area contributed by atoms with Gasteiger partial charge in [0.25, 0.3) is 0 Å². The van der Waals surface area contributed by atoms with E-state index in [1.165, 1.54) is 0 Å². The Labute approximate surface area is 49.4 Å². The molecule has 0 saturated heterocycles. The molecular formula is C7H9N. The first-order valence-electron chi connectivity index (χ1n) is 2.80. The Kier molecular flexibility index (Phi) is 2.11. The van der Waals surface area contributed by atoms with Crippen LogP contribution in [-0.4, -0.2) is 12.8 Å². The first kappa shape index (κ1) is 5.29. The van der Waals surface area contributed by atoms with Crippen LogP contribution in [0.1, 0.15) is 6.42 Å². The standard InChI is InChI=1S/C7H9N/c1-2-4-6-8-7-5-3-1/h2-6H,1,7H2/b4-2?,5-3-,8-6?. The number of rotatable bonds is 0. The van der Waals surface area contributed by atoms with E-state index in [0.29, 0.717) is 0 Å². The average Bonchev–Trinajstić information content (AvgIpc) is 1.62. The molecule has 0 bridgehead atoms. The lowest BCUT2D eigenvalue weighted by atomic mass is 10.3. The fourth-order valence-corrected chi connectivity index (χ4v) is 0.571. The summed E-state index contributed by atoms with van der Waals surface area (Å²) >= 11 is 0. The number of hydrogen-bond acceptors (Lipinski definition) is 1. The molecule has 1 heteroatoms. The van der Waals surface area contributed by atoms with Crippen molar-refractivity contribution in [1.82, 2.24) is 0 Å². The summed E-state index contributed by atoms with van der Waals surface area (Å²) in [6.45, 7) is 0.838. The summed E-state index contributed by atoms with van der Waals surface area (Å²) in [6, 6.07) is 0. The van der Waals surface area contributed by atoms with Crippen LogP contribution < -0.4 is 0 Å². The maximum Gasteiger partial charge on any atom is 0.0570 e. The zero-order valence-corrected chi connectivity index (χ0v) is 4.75. The monoisotopic (exact) mass is 107 g/mol. The third-order valence-corrected chi connectivity index (χ3v) is 0.977. The number of aliphatic imine (C=N–C) groups is 1. The molecule has 0 aromatic carbocycles. The molecule has 0 saturated carbocycles. The summed E-state index contributed by atoms with van der Waals surface area (Å²) in [6.07, 6.45) is 11.1. The zero-order chi connectivity index (χ0) is 5.66. The van der Waals surface area contributed by atoms with E-state index in [0.717, 1.165) is 13.0 Å². The molecular weight excluding hydrogens is 98.1 g/mol. The molecule has 0 amide bonds. The van der Waals surface area contributed by atoms with E-state index in [1.807, 2.05) is 12.3 Å². The van der Waals surface area contributed by atoms with Gasteiger partial charge in [-0.15, -0.1) is 0 Å². The lowest BCUT2D eigenvalue weighted by Crippen LogP contribution is -1.75. The van der Waals surface area contributed by atoms with Crippen LogP contribution in [0.15, 0.2) is 29.3 Å². The fourth-order valence-electron chi connectivity index (χ4n) is 0.571. The third-order valence-electron chi connectivity index (χ3n) is 0.977. The van der Waals surface area contributed by atoms with Crippen LogP contribution >= 0.6 is 0 Å². The maximum absolute atomic E-state index is 4.03. The minimum Gasteiger partial charge on any atom is -0.289 e. The van der Waals surface area contributed by atoms with E-state index in [2.05, 4.69) is 23.2 Å². The van der Waals surface area contributed by atoms with Gasteiger partial charge in [-0.2, -0.15) is 0 Å². The molecule has 1 aliphatic rings. The Morgan fingerprint density at radius 1 is 1.12 bits per heavy atom. The van der Waals surface area contributed by atoms with Crippen molar-refractivity contribution < 1.29 is 0 Å². The molecule has 0 spiro atoms. The maximum atomic E-state index is 4.03. The van der Waals surface area contributed by atoms with Crippen LogP contribution in [0, 0.1) is 0 Å². The molecule has 1 heterocycles. The Morgan fingerprint density at radius 3 is 3.12 bits per heavy atom. The van der Waals surface area contributed by atoms with Crippen molar-refractivity contribution in [3.63, 3.8) is 0 Å². The lowest BCUT2D eigenvalue weighted by Gasteiger charge is -1.85. The van der Waals surface area contributed by atoms with Crippen LogP contribution in [0.4, 0.5) is 0 Å². The Bertz CT molecular complexity index is 115. The topological polar surface area (TPSA) is 12.4 Å². The largest absolute Gasteiger partial charge is 0.289 e. The van der Waals surface area contributed by atoms with Crippen molar-refractivity contribution in [3.8, 4) is 0 Å². The summed E-state index contributed by atoms with van der Waals surface area (Å²) in [7, 11) is 0. The van der Waals surface area contributed by atoms with Crippen molar-refractivity contribution >= 4 is 6.21 Å². The highest BCUT2D eigenvalue weighted by atomic mass is 14.7. The van der Waals surface area contributed by atoms with Gasteiger partial charge in [-0.3, -0.25) is 4.99 Å². The Morgan fingerprint density at radius 2 is 2.12 bits per heavy atom. The quantitative estimate of drug-likeness (QED) is 0.417. The van der Waals surface area contributed by atoms with Crippen LogP contribution in [0.2, 0.25) is 0 Å². The van der Waals surface area contributed by atoms with E-state index < -0.39 is 0 Å². The van der Waals surface area contributed by atoms with Gasteiger partial charge in [0.2, 0.25) is 0 Å². The van der Waals surface area contributed by atoms with Crippen LogP contribution in [0.3, 0.4) is 0 Å². The average molecular weight is 107 g/mol. The molecule has 0 unspecified atom stereocenters. The minimum absolute atomic E-state index is 0.838. The van der Waals surface area contributed by atoms with Crippen LogP contribution in [-0.2, 0) is 0 Å². The molecule has 0 radical (unpaired) electrons. The normalized spacial score (nSPS) is 22.0. The summed E-state index contributed by atoms with van der Waals surface area (Å²) in [5.41, 5.74) is 0. The number of allylic oxidation sites excluding steroid dienone is 3. The molecule has 8 heavy (non-hydrogen) atoms. The predicted molar refractivity (Wildman–Crippen MR) is 36.3 cm³/mol. The van der Waals surface area contributed by atoms with Gasteiger partial charge in [-0.05, 0) is 12.5 Å². The van der Waals surface area contributed by atoms with Crippen molar-refractivity contribution in [1.29, 1.82) is 0 Å². The van der Waals surface area contributed by atoms with Crippen LogP contribution in [0.5, 0.6) is 0 Å². The number of hydrogen-bond donors (Lipinski definition) is 0. The molecule has 0 fully saturated rings. The highest BCUT2D eigenvalue weighted by Gasteiger charge is 1.74. The summed E-state index contributed by atoms with van der Waals surface area (Å²) in [5.74, 6) is 0. The molecule has 0 aliphatic carbocycles.